The molecule has 0 amide bonds. The summed E-state index contributed by atoms with van der Waals surface area (Å²) >= 11 is 1.13. The monoisotopic (exact) mass is 259 g/mol. The molecule has 1 saturated heterocycles. The van der Waals surface area contributed by atoms with Gasteiger partial charge in [0.25, 0.3) is 0 Å². The van der Waals surface area contributed by atoms with Crippen molar-refractivity contribution in [3.63, 3.8) is 0 Å². The number of aliphatic hydroxyl groups is 3. The molecule has 5 N–H and O–H groups in total. The number of nitrogens with zero attached hydrogens (tertiary/aromatic N) is 2. The van der Waals surface area contributed by atoms with Gasteiger partial charge < -0.3 is 21.1 Å². The molecular weight excluding hydrogens is 246 g/mol. The molecule has 4 atom stereocenters. The molecule has 0 spiro atoms. The zero-order chi connectivity index (χ0) is 12.6. The normalized spacial score (nSPS) is 32.9. The first-order valence-electron chi connectivity index (χ1n) is 5.01. The summed E-state index contributed by atoms with van der Waals surface area (Å²) in [7, 11) is 0. The number of aromatic nitrogens is 2. The quantitative estimate of drug-likeness (QED) is 0.492. The minimum absolute atomic E-state index is 0.1000. The van der Waals surface area contributed by atoms with E-state index in [2.05, 4.69) is 4.98 Å². The molecule has 1 aromatic heterocycles. The van der Waals surface area contributed by atoms with E-state index in [-0.39, 0.29) is 12.4 Å². The lowest BCUT2D eigenvalue weighted by Gasteiger charge is -2.17. The molecule has 1 aliphatic heterocycles. The Hall–Kier alpha value is -1.09. The van der Waals surface area contributed by atoms with Crippen molar-refractivity contribution in [2.24, 2.45) is 0 Å². The Bertz CT molecular complexity index is 466. The highest BCUT2D eigenvalue weighted by Crippen LogP contribution is 2.40. The standard InChI is InChI=1S/C9H13N3O4S/c10-5-1-2-12(9(16)11-5)8-7(15)6(14)4(3-13)17-8/h1-2,4,6-8,13-15H,3H2,(H2,10,11,16)/t4-,6?,7?,8-/m1/s1. The Labute approximate surface area is 101 Å². The lowest BCUT2D eigenvalue weighted by molar-refractivity contribution is 0.0101. The highest BCUT2D eigenvalue weighted by atomic mass is 32.2. The average molecular weight is 259 g/mol. The van der Waals surface area contributed by atoms with Crippen molar-refractivity contribution in [1.82, 2.24) is 9.55 Å². The number of hydrogen-bond donors (Lipinski definition) is 4. The van der Waals surface area contributed by atoms with E-state index in [1.807, 2.05) is 0 Å². The third-order valence-electron chi connectivity index (χ3n) is 2.64. The fourth-order valence-corrected chi connectivity index (χ4v) is 3.11. The molecule has 2 heterocycles. The predicted molar refractivity (Wildman–Crippen MR) is 62.4 cm³/mol. The van der Waals surface area contributed by atoms with Gasteiger partial charge in [0.15, 0.2) is 0 Å². The van der Waals surface area contributed by atoms with Gasteiger partial charge in [-0.05, 0) is 6.07 Å². The van der Waals surface area contributed by atoms with Crippen LogP contribution in [-0.2, 0) is 0 Å². The Morgan fingerprint density at radius 3 is 2.71 bits per heavy atom. The van der Waals surface area contributed by atoms with Crippen molar-refractivity contribution >= 4 is 17.6 Å². The SMILES string of the molecule is Nc1ccn([C@@H]2S[C@H](CO)C(O)C2O)c(=O)n1. The summed E-state index contributed by atoms with van der Waals surface area (Å²) in [4.78, 5) is 15.1. The van der Waals surface area contributed by atoms with E-state index in [1.165, 1.54) is 16.8 Å². The second kappa shape index (κ2) is 4.65. The van der Waals surface area contributed by atoms with Gasteiger partial charge in [0.05, 0.1) is 18.0 Å². The fraction of sp³-hybridized carbons (Fsp3) is 0.556. The molecule has 0 aromatic carbocycles. The molecule has 1 aromatic rings. The van der Waals surface area contributed by atoms with Crippen LogP contribution in [0, 0.1) is 0 Å². The molecule has 8 heteroatoms. The summed E-state index contributed by atoms with van der Waals surface area (Å²) in [5.74, 6) is 0.1000. The first kappa shape index (κ1) is 12.4. The third-order valence-corrected chi connectivity index (χ3v) is 4.21. The fourth-order valence-electron chi connectivity index (χ4n) is 1.73. The molecule has 1 aliphatic rings. The van der Waals surface area contributed by atoms with E-state index < -0.39 is 28.5 Å². The van der Waals surface area contributed by atoms with Crippen molar-refractivity contribution in [1.29, 1.82) is 0 Å². The van der Waals surface area contributed by atoms with Crippen LogP contribution in [0.5, 0.6) is 0 Å². The van der Waals surface area contributed by atoms with E-state index in [0.29, 0.717) is 0 Å². The van der Waals surface area contributed by atoms with Crippen LogP contribution >= 0.6 is 11.8 Å². The minimum atomic E-state index is -1.12. The molecule has 0 aliphatic carbocycles. The van der Waals surface area contributed by atoms with E-state index in [9.17, 15) is 15.0 Å². The molecule has 94 valence electrons. The van der Waals surface area contributed by atoms with Crippen LogP contribution in [-0.4, -0.2) is 48.9 Å². The molecule has 1 fully saturated rings. The maximum absolute atomic E-state index is 11.6. The van der Waals surface area contributed by atoms with Gasteiger partial charge in [-0.15, -0.1) is 11.8 Å². The maximum atomic E-state index is 11.6. The van der Waals surface area contributed by atoms with Crippen molar-refractivity contribution in [3.8, 4) is 0 Å². The highest BCUT2D eigenvalue weighted by molar-refractivity contribution is 8.00. The minimum Gasteiger partial charge on any atom is -0.395 e. The number of thioether (sulfide) groups is 1. The summed E-state index contributed by atoms with van der Waals surface area (Å²) in [5.41, 5.74) is 4.77. The number of nitrogen functional groups attached to an aromatic ring is 1. The lowest BCUT2D eigenvalue weighted by Crippen LogP contribution is -2.36. The van der Waals surface area contributed by atoms with Crippen LogP contribution in [0.15, 0.2) is 17.1 Å². The van der Waals surface area contributed by atoms with Crippen molar-refractivity contribution in [2.75, 3.05) is 12.3 Å². The van der Waals surface area contributed by atoms with Crippen LogP contribution < -0.4 is 11.4 Å². The summed E-state index contributed by atoms with van der Waals surface area (Å²) in [6.45, 7) is -0.267. The number of anilines is 1. The number of hydrogen-bond acceptors (Lipinski definition) is 7. The largest absolute Gasteiger partial charge is 0.395 e. The van der Waals surface area contributed by atoms with Crippen molar-refractivity contribution < 1.29 is 15.3 Å². The molecule has 0 radical (unpaired) electrons. The first-order valence-corrected chi connectivity index (χ1v) is 5.96. The first-order chi connectivity index (χ1) is 8.04. The predicted octanol–water partition coefficient (Wildman–Crippen LogP) is -1.85. The second-order valence-corrected chi connectivity index (χ2v) is 5.13. The molecule has 2 unspecified atom stereocenters. The second-order valence-electron chi connectivity index (χ2n) is 3.77. The molecule has 2 rings (SSSR count). The average Bonchev–Trinajstić information content (AvgIpc) is 2.57. The van der Waals surface area contributed by atoms with E-state index >= 15 is 0 Å². The summed E-state index contributed by atoms with van der Waals surface area (Å²) < 4.78 is 1.20. The highest BCUT2D eigenvalue weighted by Gasteiger charge is 2.43. The zero-order valence-corrected chi connectivity index (χ0v) is 9.62. The number of aliphatic hydroxyl groups excluding tert-OH is 3. The molecule has 0 saturated carbocycles. The summed E-state index contributed by atoms with van der Waals surface area (Å²) in [5, 5.41) is 27.3. The van der Waals surface area contributed by atoms with E-state index in [0.717, 1.165) is 11.8 Å². The Balaban J connectivity index is 2.32. The molecular formula is C9H13N3O4S. The van der Waals surface area contributed by atoms with Gasteiger partial charge in [0, 0.05) is 6.20 Å². The van der Waals surface area contributed by atoms with Gasteiger partial charge >= 0.3 is 5.69 Å². The van der Waals surface area contributed by atoms with Gasteiger partial charge in [-0.2, -0.15) is 4.98 Å². The Morgan fingerprint density at radius 1 is 1.47 bits per heavy atom. The molecule has 7 nitrogen and oxygen atoms in total. The van der Waals surface area contributed by atoms with E-state index in [4.69, 9.17) is 10.8 Å². The smallest absolute Gasteiger partial charge is 0.350 e. The van der Waals surface area contributed by atoms with Crippen molar-refractivity contribution in [2.45, 2.75) is 22.8 Å². The van der Waals surface area contributed by atoms with Gasteiger partial charge in [0.1, 0.15) is 17.3 Å². The van der Waals surface area contributed by atoms with Gasteiger partial charge in [-0.3, -0.25) is 4.57 Å². The lowest BCUT2D eigenvalue weighted by atomic mass is 10.1. The van der Waals surface area contributed by atoms with Crippen LogP contribution in [0.3, 0.4) is 0 Å². The van der Waals surface area contributed by atoms with Crippen LogP contribution in [0.1, 0.15) is 5.37 Å². The van der Waals surface area contributed by atoms with Crippen molar-refractivity contribution in [3.05, 3.63) is 22.7 Å². The van der Waals surface area contributed by atoms with Crippen LogP contribution in [0.2, 0.25) is 0 Å². The Kier molecular flexibility index (Phi) is 3.38. The molecule has 17 heavy (non-hydrogen) atoms. The topological polar surface area (TPSA) is 122 Å². The van der Waals surface area contributed by atoms with Gasteiger partial charge in [-0.25, -0.2) is 4.79 Å². The van der Waals surface area contributed by atoms with Crippen LogP contribution in [0.25, 0.3) is 0 Å². The zero-order valence-electron chi connectivity index (χ0n) is 8.80. The van der Waals surface area contributed by atoms with Gasteiger partial charge in [0.2, 0.25) is 0 Å². The van der Waals surface area contributed by atoms with E-state index in [1.54, 1.807) is 0 Å². The number of rotatable bonds is 2. The summed E-state index contributed by atoms with van der Waals surface area (Å²) in [6, 6.07) is 1.44. The maximum Gasteiger partial charge on any atom is 0.350 e. The van der Waals surface area contributed by atoms with Gasteiger partial charge in [-0.1, -0.05) is 0 Å². The van der Waals surface area contributed by atoms with Crippen LogP contribution in [0.4, 0.5) is 5.82 Å². The number of nitrogens with two attached hydrogens (primary N) is 1. The summed E-state index contributed by atoms with van der Waals surface area (Å²) in [6.07, 6.45) is -0.780. The third kappa shape index (κ3) is 2.16. The molecule has 0 bridgehead atoms. The Morgan fingerprint density at radius 2 is 2.18 bits per heavy atom.